The van der Waals surface area contributed by atoms with Crippen molar-refractivity contribution in [2.75, 3.05) is 11.9 Å². The summed E-state index contributed by atoms with van der Waals surface area (Å²) >= 11 is 0. The Labute approximate surface area is 201 Å². The van der Waals surface area contributed by atoms with Gasteiger partial charge >= 0.3 is 12.1 Å². The number of carbonyl (C=O) groups excluding carboxylic acids is 2. The van der Waals surface area contributed by atoms with E-state index in [0.717, 1.165) is 34.4 Å². The molecule has 0 saturated carbocycles. The Kier molecular flexibility index (Phi) is 6.82. The fourth-order valence-electron chi connectivity index (χ4n) is 4.28. The number of hydrogen-bond acceptors (Lipinski definition) is 4. The molecule has 0 aliphatic heterocycles. The second kappa shape index (κ2) is 9.97. The number of carboxylic acids is 1. The fraction of sp³-hybridized carbons (Fsp3) is 0.222. The van der Waals surface area contributed by atoms with Crippen LogP contribution in [0, 0.1) is 11.7 Å². The predicted octanol–water partition coefficient (Wildman–Crippen LogP) is 5.03. The first-order chi connectivity index (χ1) is 16.7. The molecule has 1 aliphatic carbocycles. The van der Waals surface area contributed by atoms with E-state index in [2.05, 4.69) is 10.6 Å². The quantitative estimate of drug-likeness (QED) is 0.444. The maximum atomic E-state index is 14.2. The van der Waals surface area contributed by atoms with Gasteiger partial charge in [-0.15, -0.1) is 0 Å². The highest BCUT2D eigenvalue weighted by atomic mass is 19.1. The lowest BCUT2D eigenvalue weighted by atomic mass is 9.98. The number of rotatable bonds is 7. The molecule has 7 nitrogen and oxygen atoms in total. The van der Waals surface area contributed by atoms with Crippen molar-refractivity contribution >= 4 is 23.7 Å². The Hall–Kier alpha value is -4.20. The Bertz CT molecular complexity index is 1240. The van der Waals surface area contributed by atoms with Crippen molar-refractivity contribution in [3.8, 4) is 11.1 Å². The van der Waals surface area contributed by atoms with Gasteiger partial charge in [0.25, 0.3) is 5.91 Å². The topological polar surface area (TPSA) is 105 Å². The summed E-state index contributed by atoms with van der Waals surface area (Å²) in [5.41, 5.74) is 4.21. The molecule has 0 fully saturated rings. The van der Waals surface area contributed by atoms with Crippen LogP contribution in [0.1, 0.15) is 41.3 Å². The van der Waals surface area contributed by atoms with E-state index in [1.54, 1.807) is 13.8 Å². The number of ether oxygens (including phenoxy) is 1. The zero-order chi connectivity index (χ0) is 25.1. The lowest BCUT2D eigenvalue weighted by molar-refractivity contribution is -0.140. The lowest BCUT2D eigenvalue weighted by Gasteiger charge is -2.18. The van der Waals surface area contributed by atoms with Gasteiger partial charge in [-0.2, -0.15) is 0 Å². The van der Waals surface area contributed by atoms with Gasteiger partial charge in [0, 0.05) is 17.2 Å². The number of halogens is 1. The fourth-order valence-corrected chi connectivity index (χ4v) is 4.28. The van der Waals surface area contributed by atoms with E-state index < -0.39 is 29.8 Å². The average Bonchev–Trinajstić information content (AvgIpc) is 3.14. The van der Waals surface area contributed by atoms with E-state index in [1.165, 1.54) is 6.07 Å². The number of hydrogen-bond donors (Lipinski definition) is 3. The molecule has 0 radical (unpaired) electrons. The zero-order valence-electron chi connectivity index (χ0n) is 19.2. The number of benzene rings is 3. The van der Waals surface area contributed by atoms with Crippen LogP contribution >= 0.6 is 0 Å². The minimum atomic E-state index is -1.19. The molecule has 8 heteroatoms. The normalized spacial score (nSPS) is 13.0. The van der Waals surface area contributed by atoms with Gasteiger partial charge in [-0.1, -0.05) is 62.4 Å². The van der Waals surface area contributed by atoms with Crippen LogP contribution in [0.3, 0.4) is 0 Å². The summed E-state index contributed by atoms with van der Waals surface area (Å²) in [6, 6.07) is 18.0. The van der Waals surface area contributed by atoms with E-state index >= 15 is 0 Å². The van der Waals surface area contributed by atoms with Crippen molar-refractivity contribution in [3.05, 3.63) is 89.2 Å². The Morgan fingerprint density at radius 3 is 2.14 bits per heavy atom. The van der Waals surface area contributed by atoms with Gasteiger partial charge in [0.05, 0.1) is 0 Å². The highest BCUT2D eigenvalue weighted by Gasteiger charge is 2.29. The molecule has 4 rings (SSSR count). The van der Waals surface area contributed by atoms with Crippen LogP contribution in [0.15, 0.2) is 66.7 Å². The second-order valence-electron chi connectivity index (χ2n) is 8.71. The number of anilines is 1. The van der Waals surface area contributed by atoms with Crippen molar-refractivity contribution in [1.29, 1.82) is 0 Å². The maximum Gasteiger partial charge on any atom is 0.411 e. The first-order valence-electron chi connectivity index (χ1n) is 11.2. The van der Waals surface area contributed by atoms with E-state index in [1.807, 2.05) is 48.5 Å². The van der Waals surface area contributed by atoms with Crippen LogP contribution < -0.4 is 10.6 Å². The van der Waals surface area contributed by atoms with Gasteiger partial charge in [0.2, 0.25) is 0 Å². The molecule has 180 valence electrons. The molecule has 1 atom stereocenters. The number of amides is 2. The molecule has 0 unspecified atom stereocenters. The summed E-state index contributed by atoms with van der Waals surface area (Å²) in [7, 11) is 0. The van der Waals surface area contributed by atoms with Crippen molar-refractivity contribution in [2.24, 2.45) is 5.92 Å². The molecule has 0 heterocycles. The molecule has 35 heavy (non-hydrogen) atoms. The number of carbonyl (C=O) groups is 3. The van der Waals surface area contributed by atoms with Gasteiger partial charge in [-0.3, -0.25) is 10.1 Å². The number of fused-ring (bicyclic) bond motifs is 3. The maximum absolute atomic E-state index is 14.2. The molecular weight excluding hydrogens is 451 g/mol. The molecule has 0 saturated heterocycles. The smallest absolute Gasteiger partial charge is 0.411 e. The van der Waals surface area contributed by atoms with E-state index in [4.69, 9.17) is 4.74 Å². The molecule has 0 bridgehead atoms. The summed E-state index contributed by atoms with van der Waals surface area (Å²) in [4.78, 5) is 36.4. The summed E-state index contributed by atoms with van der Waals surface area (Å²) in [6.45, 7) is 3.38. The third kappa shape index (κ3) is 5.16. The second-order valence-corrected chi connectivity index (χ2v) is 8.71. The van der Waals surface area contributed by atoms with Crippen LogP contribution in [0.25, 0.3) is 11.1 Å². The minimum absolute atomic E-state index is 0.0174. The van der Waals surface area contributed by atoms with Gasteiger partial charge in [-0.05, 0) is 46.4 Å². The lowest BCUT2D eigenvalue weighted by Crippen LogP contribution is -2.44. The van der Waals surface area contributed by atoms with Gasteiger partial charge in [-0.25, -0.2) is 14.0 Å². The van der Waals surface area contributed by atoms with Gasteiger partial charge in [0.15, 0.2) is 0 Å². The highest BCUT2D eigenvalue weighted by Crippen LogP contribution is 2.44. The SMILES string of the molecule is CC(C)[C@H](NC(=O)c1cc(F)cc(NC(=O)OCC2c3ccccc3-c3ccccc32)c1)C(=O)O. The van der Waals surface area contributed by atoms with Crippen LogP contribution in [-0.4, -0.2) is 35.7 Å². The summed E-state index contributed by atoms with van der Waals surface area (Å²) in [5.74, 6) is -3.22. The van der Waals surface area contributed by atoms with Crippen LogP contribution in [0.2, 0.25) is 0 Å². The average molecular weight is 477 g/mol. The van der Waals surface area contributed by atoms with Gasteiger partial charge in [0.1, 0.15) is 18.5 Å². The Morgan fingerprint density at radius 1 is 0.971 bits per heavy atom. The minimum Gasteiger partial charge on any atom is -0.480 e. The summed E-state index contributed by atoms with van der Waals surface area (Å²) in [6.07, 6.45) is -0.797. The van der Waals surface area contributed by atoms with Crippen LogP contribution in [0.4, 0.5) is 14.9 Å². The largest absolute Gasteiger partial charge is 0.480 e. The van der Waals surface area contributed by atoms with E-state index in [-0.39, 0.29) is 29.7 Å². The van der Waals surface area contributed by atoms with E-state index in [9.17, 15) is 23.9 Å². The van der Waals surface area contributed by atoms with Gasteiger partial charge < -0.3 is 15.2 Å². The number of aliphatic carboxylic acids is 1. The third-order valence-corrected chi connectivity index (χ3v) is 5.97. The zero-order valence-corrected chi connectivity index (χ0v) is 19.2. The molecular formula is C27H25FN2O5. The molecule has 0 aromatic heterocycles. The molecule has 3 N–H and O–H groups in total. The van der Waals surface area contributed by atoms with Crippen molar-refractivity contribution in [3.63, 3.8) is 0 Å². The van der Waals surface area contributed by atoms with Crippen molar-refractivity contribution in [1.82, 2.24) is 5.32 Å². The summed E-state index contributed by atoms with van der Waals surface area (Å²) < 4.78 is 19.6. The Morgan fingerprint density at radius 2 is 1.57 bits per heavy atom. The number of nitrogens with one attached hydrogen (secondary N) is 2. The first-order valence-corrected chi connectivity index (χ1v) is 11.2. The van der Waals surface area contributed by atoms with Crippen molar-refractivity contribution < 1.29 is 28.6 Å². The summed E-state index contributed by atoms with van der Waals surface area (Å²) in [5, 5.41) is 14.1. The molecule has 0 spiro atoms. The Balaban J connectivity index is 1.44. The van der Waals surface area contributed by atoms with E-state index in [0.29, 0.717) is 0 Å². The molecule has 3 aromatic carbocycles. The molecule has 3 aromatic rings. The molecule has 1 aliphatic rings. The predicted molar refractivity (Wildman–Crippen MR) is 129 cm³/mol. The van der Waals surface area contributed by atoms with Crippen LogP contribution in [-0.2, 0) is 9.53 Å². The first kappa shape index (κ1) is 23.9. The monoisotopic (exact) mass is 476 g/mol. The third-order valence-electron chi connectivity index (χ3n) is 5.97. The number of carboxylic acid groups (broad SMARTS) is 1. The standard InChI is InChI=1S/C27H25FN2O5/c1-15(2)24(26(32)33)30-25(31)16-11-17(28)13-18(12-16)29-27(34)35-14-23-21-9-5-3-7-19(21)20-8-4-6-10-22(20)23/h3-13,15,23-24H,14H2,1-2H3,(H,29,34)(H,30,31)(H,32,33)/t24-/m0/s1. The van der Waals surface area contributed by atoms with Crippen LogP contribution in [0.5, 0.6) is 0 Å². The van der Waals surface area contributed by atoms with Crippen molar-refractivity contribution in [2.45, 2.75) is 25.8 Å². The molecule has 2 amide bonds. The highest BCUT2D eigenvalue weighted by molar-refractivity contribution is 5.98.